The number of fused-ring (bicyclic) bond motifs is 1. The van der Waals surface area contributed by atoms with Crippen LogP contribution in [-0.4, -0.2) is 62.4 Å². The molecule has 0 bridgehead atoms. The van der Waals surface area contributed by atoms with Gasteiger partial charge in [0.25, 0.3) is 0 Å². The molecule has 3 heterocycles. The standard InChI is InChI=1S/C29H42N6O/c1-4-5-20(2)32-29-31-16-26-27(19-35(28(26)33-29)24-10-12-25(36)13-11-24)23-8-6-22(7-9-23)18-34-15-14-30-21(3)17-34/h6-9,16,19-21,24-25,30,36H,4-5,10-15,17-18H2,1-3H3,(H,31,32,33)/t20?,21-,24?,25?/m1/s1. The summed E-state index contributed by atoms with van der Waals surface area (Å²) in [4.78, 5) is 12.2. The fourth-order valence-corrected chi connectivity index (χ4v) is 5.87. The summed E-state index contributed by atoms with van der Waals surface area (Å²) in [5.41, 5.74) is 4.74. The average molecular weight is 491 g/mol. The minimum Gasteiger partial charge on any atom is -0.393 e. The summed E-state index contributed by atoms with van der Waals surface area (Å²) in [6.45, 7) is 10.9. The number of rotatable bonds is 8. The highest BCUT2D eigenvalue weighted by Crippen LogP contribution is 2.37. The third kappa shape index (κ3) is 5.74. The Kier molecular flexibility index (Phi) is 7.89. The Balaban J connectivity index is 1.43. The van der Waals surface area contributed by atoms with Crippen LogP contribution in [0, 0.1) is 0 Å². The van der Waals surface area contributed by atoms with E-state index in [1.165, 1.54) is 16.7 Å². The molecule has 1 saturated heterocycles. The highest BCUT2D eigenvalue weighted by Gasteiger charge is 2.24. The van der Waals surface area contributed by atoms with Gasteiger partial charge in [-0.3, -0.25) is 4.90 Å². The first kappa shape index (κ1) is 25.2. The van der Waals surface area contributed by atoms with Gasteiger partial charge in [-0.05, 0) is 57.1 Å². The largest absolute Gasteiger partial charge is 0.393 e. The van der Waals surface area contributed by atoms with Crippen molar-refractivity contribution in [3.05, 3.63) is 42.2 Å². The third-order valence-corrected chi connectivity index (χ3v) is 7.85. The third-order valence-electron chi connectivity index (χ3n) is 7.85. The normalized spacial score (nSPS) is 24.2. The predicted molar refractivity (Wildman–Crippen MR) is 147 cm³/mol. The predicted octanol–water partition coefficient (Wildman–Crippen LogP) is 4.97. The zero-order valence-electron chi connectivity index (χ0n) is 22.1. The van der Waals surface area contributed by atoms with Gasteiger partial charge in [0.1, 0.15) is 5.65 Å². The lowest BCUT2D eigenvalue weighted by Crippen LogP contribution is -2.48. The van der Waals surface area contributed by atoms with E-state index in [1.807, 2.05) is 6.20 Å². The molecular weight excluding hydrogens is 448 g/mol. The fraction of sp³-hybridized carbons (Fsp3) is 0.586. The summed E-state index contributed by atoms with van der Waals surface area (Å²) in [6, 6.07) is 10.3. The fourth-order valence-electron chi connectivity index (χ4n) is 5.87. The molecule has 3 aromatic rings. The van der Waals surface area contributed by atoms with Crippen LogP contribution in [0.1, 0.15) is 70.9 Å². The van der Waals surface area contributed by atoms with Crippen LogP contribution in [0.3, 0.4) is 0 Å². The van der Waals surface area contributed by atoms with Gasteiger partial charge in [0.15, 0.2) is 0 Å². The van der Waals surface area contributed by atoms with Gasteiger partial charge >= 0.3 is 0 Å². The first-order valence-electron chi connectivity index (χ1n) is 13.9. The van der Waals surface area contributed by atoms with Crippen molar-refractivity contribution in [2.45, 2.75) is 90.1 Å². The summed E-state index contributed by atoms with van der Waals surface area (Å²) >= 11 is 0. The molecule has 194 valence electrons. The molecule has 5 rings (SSSR count). The van der Waals surface area contributed by atoms with E-state index < -0.39 is 0 Å². The van der Waals surface area contributed by atoms with Crippen LogP contribution < -0.4 is 10.6 Å². The first-order valence-corrected chi connectivity index (χ1v) is 13.9. The lowest BCUT2D eigenvalue weighted by atomic mass is 9.93. The lowest BCUT2D eigenvalue weighted by Gasteiger charge is -2.31. The summed E-state index contributed by atoms with van der Waals surface area (Å²) in [5.74, 6) is 0.700. The molecule has 0 amide bonds. The van der Waals surface area contributed by atoms with Gasteiger partial charge in [0.05, 0.1) is 6.10 Å². The Bertz CT molecular complexity index is 1130. The number of hydrogen-bond acceptors (Lipinski definition) is 6. The van der Waals surface area contributed by atoms with Crippen LogP contribution in [0.2, 0.25) is 0 Å². The van der Waals surface area contributed by atoms with Gasteiger partial charge in [-0.1, -0.05) is 37.6 Å². The highest BCUT2D eigenvalue weighted by atomic mass is 16.3. The van der Waals surface area contributed by atoms with E-state index in [-0.39, 0.29) is 6.10 Å². The Morgan fingerprint density at radius 1 is 1.17 bits per heavy atom. The van der Waals surface area contributed by atoms with Crippen molar-refractivity contribution >= 4 is 17.0 Å². The maximum absolute atomic E-state index is 10.1. The number of aromatic nitrogens is 3. The second-order valence-electron chi connectivity index (χ2n) is 11.0. The van der Waals surface area contributed by atoms with Crippen LogP contribution in [0.25, 0.3) is 22.2 Å². The average Bonchev–Trinajstić information content (AvgIpc) is 3.24. The van der Waals surface area contributed by atoms with Crippen molar-refractivity contribution in [1.82, 2.24) is 24.8 Å². The Labute approximate surface area is 215 Å². The molecule has 3 N–H and O–H groups in total. The van der Waals surface area contributed by atoms with Gasteiger partial charge in [-0.15, -0.1) is 0 Å². The summed E-state index contributed by atoms with van der Waals surface area (Å²) < 4.78 is 2.35. The van der Waals surface area contributed by atoms with E-state index in [4.69, 9.17) is 9.97 Å². The van der Waals surface area contributed by atoms with Gasteiger partial charge in [0, 0.05) is 67.6 Å². The number of piperazine rings is 1. The zero-order valence-corrected chi connectivity index (χ0v) is 22.1. The van der Waals surface area contributed by atoms with E-state index in [1.54, 1.807) is 0 Å². The van der Waals surface area contributed by atoms with Crippen molar-refractivity contribution < 1.29 is 5.11 Å². The molecule has 1 saturated carbocycles. The topological polar surface area (TPSA) is 78.2 Å². The van der Waals surface area contributed by atoms with Gasteiger partial charge in [-0.2, -0.15) is 4.98 Å². The van der Waals surface area contributed by atoms with E-state index in [0.717, 1.165) is 75.7 Å². The van der Waals surface area contributed by atoms with E-state index >= 15 is 0 Å². The molecule has 2 aromatic heterocycles. The molecule has 36 heavy (non-hydrogen) atoms. The monoisotopic (exact) mass is 490 g/mol. The second-order valence-corrected chi connectivity index (χ2v) is 11.0. The Morgan fingerprint density at radius 2 is 1.94 bits per heavy atom. The van der Waals surface area contributed by atoms with Crippen molar-refractivity contribution in [2.24, 2.45) is 0 Å². The molecular formula is C29H42N6O. The van der Waals surface area contributed by atoms with Gasteiger partial charge < -0.3 is 20.3 Å². The molecule has 0 radical (unpaired) electrons. The quantitative estimate of drug-likeness (QED) is 0.414. The Hall–Kier alpha value is -2.48. The molecule has 7 heteroatoms. The van der Waals surface area contributed by atoms with Gasteiger partial charge in [-0.25, -0.2) is 4.98 Å². The van der Waals surface area contributed by atoms with Crippen LogP contribution >= 0.6 is 0 Å². The number of nitrogens with zero attached hydrogens (tertiary/aromatic N) is 4. The molecule has 2 aliphatic rings. The number of hydrogen-bond donors (Lipinski definition) is 3. The second kappa shape index (κ2) is 11.3. The van der Waals surface area contributed by atoms with E-state index in [0.29, 0.717) is 24.1 Å². The number of aliphatic hydroxyl groups is 1. The molecule has 1 aromatic carbocycles. The first-order chi connectivity index (χ1) is 17.5. The summed E-state index contributed by atoms with van der Waals surface area (Å²) in [5, 5.41) is 18.2. The van der Waals surface area contributed by atoms with Crippen LogP contribution in [0.4, 0.5) is 5.95 Å². The minimum absolute atomic E-state index is 0.171. The van der Waals surface area contributed by atoms with Crippen LogP contribution in [-0.2, 0) is 6.54 Å². The molecule has 2 atom stereocenters. The zero-order chi connectivity index (χ0) is 25.1. The van der Waals surface area contributed by atoms with Crippen molar-refractivity contribution in [3.63, 3.8) is 0 Å². The minimum atomic E-state index is -0.171. The molecule has 1 unspecified atom stereocenters. The van der Waals surface area contributed by atoms with E-state index in [2.05, 4.69) is 71.3 Å². The summed E-state index contributed by atoms with van der Waals surface area (Å²) in [7, 11) is 0. The maximum atomic E-state index is 10.1. The molecule has 1 aliphatic carbocycles. The van der Waals surface area contributed by atoms with Crippen LogP contribution in [0.5, 0.6) is 0 Å². The molecule has 2 fully saturated rings. The highest BCUT2D eigenvalue weighted by molar-refractivity contribution is 5.94. The number of anilines is 1. The van der Waals surface area contributed by atoms with Crippen molar-refractivity contribution in [3.8, 4) is 11.1 Å². The van der Waals surface area contributed by atoms with Crippen LogP contribution in [0.15, 0.2) is 36.7 Å². The van der Waals surface area contributed by atoms with Crippen molar-refractivity contribution in [1.29, 1.82) is 0 Å². The lowest BCUT2D eigenvalue weighted by molar-refractivity contribution is 0.111. The summed E-state index contributed by atoms with van der Waals surface area (Å²) in [6.07, 6.45) is 9.97. The van der Waals surface area contributed by atoms with Gasteiger partial charge in [0.2, 0.25) is 5.95 Å². The maximum Gasteiger partial charge on any atom is 0.224 e. The Morgan fingerprint density at radius 3 is 2.67 bits per heavy atom. The van der Waals surface area contributed by atoms with Crippen molar-refractivity contribution in [2.75, 3.05) is 25.0 Å². The molecule has 1 aliphatic heterocycles. The number of nitrogens with one attached hydrogen (secondary N) is 2. The SMILES string of the molecule is CCCC(C)Nc1ncc2c(-c3ccc(CN4CCN[C@H](C)C4)cc3)cn(C3CCC(O)CC3)c2n1. The smallest absolute Gasteiger partial charge is 0.224 e. The van der Waals surface area contributed by atoms with E-state index in [9.17, 15) is 5.11 Å². The molecule has 0 spiro atoms. The number of benzene rings is 1. The number of aliphatic hydroxyl groups excluding tert-OH is 1. The molecule has 7 nitrogen and oxygen atoms in total.